The summed E-state index contributed by atoms with van der Waals surface area (Å²) in [5.74, 6) is 0.724. The summed E-state index contributed by atoms with van der Waals surface area (Å²) in [5, 5.41) is 9.66. The number of carbonyl (C=O) groups excluding carboxylic acids is 3. The van der Waals surface area contributed by atoms with E-state index in [1.165, 1.54) is 25.7 Å². The molecular formula is C23H30N4O3. The van der Waals surface area contributed by atoms with Gasteiger partial charge in [0.15, 0.2) is 0 Å². The van der Waals surface area contributed by atoms with Crippen molar-refractivity contribution in [2.24, 2.45) is 11.8 Å². The van der Waals surface area contributed by atoms with Crippen LogP contribution in [-0.2, 0) is 22.7 Å². The molecule has 4 aliphatic rings. The van der Waals surface area contributed by atoms with Gasteiger partial charge in [-0.3, -0.25) is 19.7 Å². The minimum absolute atomic E-state index is 0.0909. The van der Waals surface area contributed by atoms with Gasteiger partial charge in [-0.25, -0.2) is 0 Å². The summed E-state index contributed by atoms with van der Waals surface area (Å²) >= 11 is 0. The number of carbonyl (C=O) groups is 3. The Bertz CT molecular complexity index is 870. The number of nitrogens with one attached hydrogen (secondary N) is 3. The van der Waals surface area contributed by atoms with E-state index < -0.39 is 6.04 Å². The van der Waals surface area contributed by atoms with E-state index in [1.54, 1.807) is 4.90 Å². The van der Waals surface area contributed by atoms with Crippen molar-refractivity contribution in [3.63, 3.8) is 0 Å². The van der Waals surface area contributed by atoms with Gasteiger partial charge >= 0.3 is 0 Å². The minimum Gasteiger partial charge on any atom is -0.322 e. The molecule has 0 radical (unpaired) electrons. The van der Waals surface area contributed by atoms with Gasteiger partial charge in [0.2, 0.25) is 11.8 Å². The van der Waals surface area contributed by atoms with Gasteiger partial charge in [0, 0.05) is 31.1 Å². The lowest BCUT2D eigenvalue weighted by molar-refractivity contribution is -0.136. The van der Waals surface area contributed by atoms with Crippen LogP contribution in [0.4, 0.5) is 0 Å². The summed E-state index contributed by atoms with van der Waals surface area (Å²) in [5.41, 5.74) is 2.70. The third-order valence-electron chi connectivity index (χ3n) is 7.43. The van der Waals surface area contributed by atoms with Gasteiger partial charge in [0.1, 0.15) is 6.04 Å². The second-order valence-electron chi connectivity index (χ2n) is 9.21. The fourth-order valence-electron chi connectivity index (χ4n) is 5.88. The molecule has 3 amide bonds. The van der Waals surface area contributed by atoms with E-state index in [2.05, 4.69) is 16.0 Å². The van der Waals surface area contributed by atoms with Crippen molar-refractivity contribution >= 4 is 17.7 Å². The molecule has 3 heterocycles. The lowest BCUT2D eigenvalue weighted by atomic mass is 9.80. The molecule has 3 fully saturated rings. The molecule has 1 aromatic carbocycles. The van der Waals surface area contributed by atoms with Crippen LogP contribution in [0.15, 0.2) is 18.2 Å². The van der Waals surface area contributed by atoms with Crippen LogP contribution < -0.4 is 16.0 Å². The molecule has 0 bridgehead atoms. The Kier molecular flexibility index (Phi) is 5.33. The number of rotatable bonds is 5. The third kappa shape index (κ3) is 3.54. The maximum absolute atomic E-state index is 13.2. The van der Waals surface area contributed by atoms with E-state index in [0.29, 0.717) is 31.5 Å². The zero-order chi connectivity index (χ0) is 20.7. The zero-order valence-electron chi connectivity index (χ0n) is 17.3. The summed E-state index contributed by atoms with van der Waals surface area (Å²) in [6.07, 6.45) is 5.99. The van der Waals surface area contributed by atoms with E-state index in [0.717, 1.165) is 35.7 Å². The van der Waals surface area contributed by atoms with Crippen LogP contribution in [0, 0.1) is 11.8 Å². The molecule has 7 heteroatoms. The normalized spacial score (nSPS) is 30.9. The van der Waals surface area contributed by atoms with Crippen molar-refractivity contribution < 1.29 is 14.4 Å². The van der Waals surface area contributed by atoms with Crippen LogP contribution in [0.25, 0.3) is 0 Å². The Labute approximate surface area is 177 Å². The largest absolute Gasteiger partial charge is 0.322 e. The fraction of sp³-hybridized carbons (Fsp3) is 0.609. The van der Waals surface area contributed by atoms with Gasteiger partial charge in [-0.2, -0.15) is 0 Å². The second-order valence-corrected chi connectivity index (χ2v) is 9.21. The molecule has 1 aromatic rings. The van der Waals surface area contributed by atoms with E-state index in [9.17, 15) is 14.4 Å². The van der Waals surface area contributed by atoms with Gasteiger partial charge < -0.3 is 15.5 Å². The van der Waals surface area contributed by atoms with Gasteiger partial charge in [0.25, 0.3) is 5.91 Å². The predicted octanol–water partition coefficient (Wildman–Crippen LogP) is 1.32. The number of nitrogens with zero attached hydrogens (tertiary/aromatic N) is 1. The SMILES string of the molecule is O=C1CCC(N2Cc3cccc(CNC[C@@H]4CN[C@@H]5CCCC[C@H]45)c3C2=O)C(=O)N1. The number of hydrogen-bond acceptors (Lipinski definition) is 5. The molecule has 1 unspecified atom stereocenters. The topological polar surface area (TPSA) is 90.5 Å². The number of piperidine rings is 1. The Hall–Kier alpha value is -2.25. The molecule has 1 saturated carbocycles. The van der Waals surface area contributed by atoms with Crippen LogP contribution in [0.5, 0.6) is 0 Å². The summed E-state index contributed by atoms with van der Waals surface area (Å²) in [7, 11) is 0. The number of imide groups is 1. The van der Waals surface area contributed by atoms with E-state index in [-0.39, 0.29) is 24.1 Å². The standard InChI is InChI=1S/C23H30N4O3/c28-20-9-8-19(22(29)26-20)27-13-15-5-3-4-14(21(15)23(27)30)10-24-11-16-12-25-18-7-2-1-6-17(16)18/h3-5,16-19,24-25H,1-2,6-13H2,(H,26,28,29)/t16-,17-,18-,19?/m1/s1. The van der Waals surface area contributed by atoms with Gasteiger partial charge in [-0.1, -0.05) is 31.0 Å². The maximum atomic E-state index is 13.2. The molecule has 5 rings (SSSR count). The van der Waals surface area contributed by atoms with Crippen molar-refractivity contribution in [3.8, 4) is 0 Å². The molecule has 0 aromatic heterocycles. The van der Waals surface area contributed by atoms with Crippen LogP contribution in [0.2, 0.25) is 0 Å². The Morgan fingerprint density at radius 3 is 2.83 bits per heavy atom. The highest BCUT2D eigenvalue weighted by molar-refractivity contribution is 6.05. The van der Waals surface area contributed by atoms with Crippen LogP contribution in [0.1, 0.15) is 60.0 Å². The minimum atomic E-state index is -0.559. The van der Waals surface area contributed by atoms with Crippen LogP contribution >= 0.6 is 0 Å². The smallest absolute Gasteiger partial charge is 0.255 e. The van der Waals surface area contributed by atoms with Gasteiger partial charge in [0.05, 0.1) is 0 Å². The van der Waals surface area contributed by atoms with Crippen molar-refractivity contribution in [3.05, 3.63) is 34.9 Å². The van der Waals surface area contributed by atoms with Crippen molar-refractivity contribution in [2.75, 3.05) is 13.1 Å². The zero-order valence-corrected chi connectivity index (χ0v) is 17.3. The number of fused-ring (bicyclic) bond motifs is 2. The molecule has 7 nitrogen and oxygen atoms in total. The van der Waals surface area contributed by atoms with Gasteiger partial charge in [-0.15, -0.1) is 0 Å². The molecule has 160 valence electrons. The van der Waals surface area contributed by atoms with Crippen LogP contribution in [0.3, 0.4) is 0 Å². The highest BCUT2D eigenvalue weighted by Gasteiger charge is 2.40. The Morgan fingerprint density at radius 1 is 1.10 bits per heavy atom. The third-order valence-corrected chi connectivity index (χ3v) is 7.43. The average Bonchev–Trinajstić information content (AvgIpc) is 3.30. The second kappa shape index (κ2) is 8.12. The molecule has 30 heavy (non-hydrogen) atoms. The monoisotopic (exact) mass is 410 g/mol. The number of amides is 3. The first-order chi connectivity index (χ1) is 14.6. The number of benzene rings is 1. The predicted molar refractivity (Wildman–Crippen MR) is 111 cm³/mol. The Morgan fingerprint density at radius 2 is 1.97 bits per heavy atom. The van der Waals surface area contributed by atoms with E-state index >= 15 is 0 Å². The molecule has 3 aliphatic heterocycles. The highest BCUT2D eigenvalue weighted by atomic mass is 16.2. The quantitative estimate of drug-likeness (QED) is 0.637. The summed E-state index contributed by atoms with van der Waals surface area (Å²) in [6, 6.07) is 6.10. The molecular weight excluding hydrogens is 380 g/mol. The average molecular weight is 411 g/mol. The molecule has 3 N–H and O–H groups in total. The molecule has 2 saturated heterocycles. The molecule has 1 aliphatic carbocycles. The highest BCUT2D eigenvalue weighted by Crippen LogP contribution is 2.34. The van der Waals surface area contributed by atoms with Crippen molar-refractivity contribution in [1.29, 1.82) is 0 Å². The van der Waals surface area contributed by atoms with Crippen molar-refractivity contribution in [1.82, 2.24) is 20.9 Å². The number of hydrogen-bond donors (Lipinski definition) is 3. The molecule has 0 spiro atoms. The van der Waals surface area contributed by atoms with E-state index in [4.69, 9.17) is 0 Å². The lowest BCUT2D eigenvalue weighted by Crippen LogP contribution is -2.52. The molecule has 4 atom stereocenters. The van der Waals surface area contributed by atoms with Crippen LogP contribution in [-0.4, -0.2) is 47.8 Å². The van der Waals surface area contributed by atoms with Gasteiger partial charge in [-0.05, 0) is 55.3 Å². The first-order valence-electron chi connectivity index (χ1n) is 11.3. The first-order valence-corrected chi connectivity index (χ1v) is 11.3. The first kappa shape index (κ1) is 19.7. The summed E-state index contributed by atoms with van der Waals surface area (Å²) in [6.45, 7) is 3.14. The summed E-state index contributed by atoms with van der Waals surface area (Å²) < 4.78 is 0. The summed E-state index contributed by atoms with van der Waals surface area (Å²) in [4.78, 5) is 38.5. The van der Waals surface area contributed by atoms with E-state index in [1.807, 2.05) is 18.2 Å². The Balaban J connectivity index is 1.24. The maximum Gasteiger partial charge on any atom is 0.255 e. The fourth-order valence-corrected chi connectivity index (χ4v) is 5.88. The van der Waals surface area contributed by atoms with Crippen molar-refractivity contribution in [2.45, 2.75) is 63.7 Å². The lowest BCUT2D eigenvalue weighted by Gasteiger charge is -2.29.